The Labute approximate surface area is 201 Å². The molecule has 0 unspecified atom stereocenters. The lowest BCUT2D eigenvalue weighted by Crippen LogP contribution is -2.38. The predicted octanol–water partition coefficient (Wildman–Crippen LogP) is 4.43. The molecule has 0 radical (unpaired) electrons. The van der Waals surface area contributed by atoms with Gasteiger partial charge in [0, 0.05) is 43.4 Å². The van der Waals surface area contributed by atoms with E-state index < -0.39 is 0 Å². The molecule has 0 saturated carbocycles. The quantitative estimate of drug-likeness (QED) is 0.526. The fourth-order valence-electron chi connectivity index (χ4n) is 4.82. The number of imidazole rings is 1. The summed E-state index contributed by atoms with van der Waals surface area (Å²) < 4.78 is 7.08. The molecule has 34 heavy (non-hydrogen) atoms. The van der Waals surface area contributed by atoms with E-state index in [-0.39, 0.29) is 11.9 Å². The van der Waals surface area contributed by atoms with E-state index in [2.05, 4.69) is 41.9 Å². The third-order valence-electron chi connectivity index (χ3n) is 6.82. The first-order chi connectivity index (χ1) is 16.4. The Bertz CT molecular complexity index is 1190. The third-order valence-corrected chi connectivity index (χ3v) is 6.82. The number of nitrogens with one attached hydrogen (secondary N) is 1. The van der Waals surface area contributed by atoms with Crippen LogP contribution < -0.4 is 5.32 Å². The van der Waals surface area contributed by atoms with Crippen molar-refractivity contribution in [3.05, 3.63) is 58.9 Å². The van der Waals surface area contributed by atoms with Crippen molar-refractivity contribution >= 4 is 17.5 Å². The van der Waals surface area contributed by atoms with Crippen LogP contribution in [0.25, 0.3) is 16.9 Å². The molecule has 1 N–H and O–H groups in total. The maximum Gasteiger partial charge on any atom is 0.409 e. The number of aromatic nitrogens is 2. The molecule has 1 aliphatic heterocycles. The maximum atomic E-state index is 12.5. The number of hydrogen-bond donors (Lipinski definition) is 1. The van der Waals surface area contributed by atoms with Crippen molar-refractivity contribution in [1.82, 2.24) is 19.6 Å². The van der Waals surface area contributed by atoms with Crippen LogP contribution in [0.2, 0.25) is 0 Å². The molecule has 1 amide bonds. The van der Waals surface area contributed by atoms with Gasteiger partial charge in [0.25, 0.3) is 0 Å². The Hall–Kier alpha value is -3.19. The number of hydrogen-bond acceptors (Lipinski definition) is 5. The highest BCUT2D eigenvalue weighted by molar-refractivity contribution is 5.97. The summed E-state index contributed by atoms with van der Waals surface area (Å²) in [6.07, 6.45) is 5.10. The Kier molecular flexibility index (Phi) is 7.32. The molecule has 0 atom stereocenters. The molecule has 3 aromatic rings. The number of nitrogens with zero attached hydrogens (tertiary/aromatic N) is 3. The van der Waals surface area contributed by atoms with Crippen molar-refractivity contribution in [2.75, 3.05) is 33.8 Å². The van der Waals surface area contributed by atoms with Crippen molar-refractivity contribution in [1.29, 1.82) is 0 Å². The Balaban J connectivity index is 1.65. The first kappa shape index (κ1) is 24.0. The smallest absolute Gasteiger partial charge is 0.409 e. The first-order valence-corrected chi connectivity index (χ1v) is 12.0. The molecule has 7 nitrogen and oxygen atoms in total. The van der Waals surface area contributed by atoms with Crippen LogP contribution in [0.3, 0.4) is 0 Å². The van der Waals surface area contributed by atoms with E-state index in [1.165, 1.54) is 18.4 Å². The highest BCUT2D eigenvalue weighted by Gasteiger charge is 2.26. The molecule has 1 aliphatic rings. The van der Waals surface area contributed by atoms with Gasteiger partial charge < -0.3 is 19.4 Å². The number of ketones is 1. The van der Waals surface area contributed by atoms with Crippen molar-refractivity contribution in [3.63, 3.8) is 0 Å². The van der Waals surface area contributed by atoms with Crippen LogP contribution in [0, 0.1) is 19.8 Å². The van der Waals surface area contributed by atoms with Gasteiger partial charge in [-0.05, 0) is 75.4 Å². The van der Waals surface area contributed by atoms with E-state index in [0.717, 1.165) is 47.3 Å². The summed E-state index contributed by atoms with van der Waals surface area (Å²) in [7, 11) is 3.29. The number of piperidine rings is 1. The number of pyridine rings is 1. The van der Waals surface area contributed by atoms with E-state index in [0.29, 0.717) is 32.0 Å². The molecular weight excluding hydrogens is 428 g/mol. The summed E-state index contributed by atoms with van der Waals surface area (Å²) in [4.78, 5) is 31.2. The molecule has 1 fully saturated rings. The molecule has 0 spiro atoms. The van der Waals surface area contributed by atoms with Crippen molar-refractivity contribution < 1.29 is 14.3 Å². The number of fused-ring (bicyclic) bond motifs is 1. The Morgan fingerprint density at radius 1 is 1.15 bits per heavy atom. The summed E-state index contributed by atoms with van der Waals surface area (Å²) in [5.74, 6) is 0.607. The number of Topliss-reactive ketones (excluding diaryl/α,β-unsaturated/α-hetero) is 1. The molecular formula is C27H34N4O3. The molecule has 3 heterocycles. The fourth-order valence-corrected chi connectivity index (χ4v) is 4.82. The lowest BCUT2D eigenvalue weighted by molar-refractivity contribution is 0.0982. The average Bonchev–Trinajstić information content (AvgIpc) is 3.19. The number of likely N-dealkylation sites (tertiary alicyclic amines) is 1. The summed E-state index contributed by atoms with van der Waals surface area (Å²) in [5.41, 5.74) is 7.13. The zero-order valence-electron chi connectivity index (χ0n) is 20.6. The van der Waals surface area contributed by atoms with Crippen LogP contribution in [-0.2, 0) is 11.2 Å². The van der Waals surface area contributed by atoms with Gasteiger partial charge in [-0.2, -0.15) is 0 Å². The second kappa shape index (κ2) is 10.4. The van der Waals surface area contributed by atoms with Crippen LogP contribution in [0.4, 0.5) is 4.79 Å². The van der Waals surface area contributed by atoms with E-state index in [1.54, 1.807) is 4.90 Å². The van der Waals surface area contributed by atoms with Crippen LogP contribution in [0.15, 0.2) is 36.5 Å². The number of carbonyl (C=O) groups is 2. The summed E-state index contributed by atoms with van der Waals surface area (Å²) in [6, 6.07) is 10.2. The van der Waals surface area contributed by atoms with E-state index >= 15 is 0 Å². The first-order valence-electron chi connectivity index (χ1n) is 12.0. The van der Waals surface area contributed by atoms with Gasteiger partial charge in [0.2, 0.25) is 0 Å². The molecule has 4 rings (SSSR count). The normalized spacial score (nSPS) is 14.5. The Morgan fingerprint density at radius 2 is 1.91 bits per heavy atom. The predicted molar refractivity (Wildman–Crippen MR) is 133 cm³/mol. The summed E-state index contributed by atoms with van der Waals surface area (Å²) in [5, 5.41) is 3.04. The van der Waals surface area contributed by atoms with Crippen LogP contribution in [-0.4, -0.2) is 60.0 Å². The van der Waals surface area contributed by atoms with Gasteiger partial charge in [-0.25, -0.2) is 9.78 Å². The van der Waals surface area contributed by atoms with E-state index in [1.807, 2.05) is 25.2 Å². The number of carbonyl (C=O) groups excluding carboxylic acids is 2. The van der Waals surface area contributed by atoms with E-state index in [4.69, 9.17) is 9.72 Å². The zero-order chi connectivity index (χ0) is 24.2. The number of ether oxygens (including phenoxy) is 1. The lowest BCUT2D eigenvalue weighted by atomic mass is 9.90. The lowest BCUT2D eigenvalue weighted by Gasteiger charge is -2.31. The molecule has 7 heteroatoms. The monoisotopic (exact) mass is 462 g/mol. The molecule has 0 bridgehead atoms. The number of aryl methyl sites for hydroxylation is 2. The number of methoxy groups -OCH3 is 1. The number of amides is 1. The summed E-state index contributed by atoms with van der Waals surface area (Å²) >= 11 is 0. The minimum absolute atomic E-state index is 0.146. The molecule has 2 aromatic heterocycles. The van der Waals surface area contributed by atoms with Gasteiger partial charge in [-0.1, -0.05) is 12.1 Å². The van der Waals surface area contributed by atoms with Crippen LogP contribution in [0.5, 0.6) is 0 Å². The second-order valence-corrected chi connectivity index (χ2v) is 9.25. The van der Waals surface area contributed by atoms with Gasteiger partial charge in [-0.15, -0.1) is 0 Å². The second-order valence-electron chi connectivity index (χ2n) is 9.25. The fraction of sp³-hybridized carbons (Fsp3) is 0.444. The van der Waals surface area contributed by atoms with Crippen molar-refractivity contribution in [2.45, 2.75) is 39.5 Å². The van der Waals surface area contributed by atoms with Gasteiger partial charge in [0.05, 0.1) is 18.5 Å². The number of rotatable bonds is 7. The van der Waals surface area contributed by atoms with Gasteiger partial charge in [-0.3, -0.25) is 4.79 Å². The molecule has 0 aliphatic carbocycles. The van der Waals surface area contributed by atoms with Crippen LogP contribution >= 0.6 is 0 Å². The largest absolute Gasteiger partial charge is 0.453 e. The maximum absolute atomic E-state index is 12.5. The summed E-state index contributed by atoms with van der Waals surface area (Å²) in [6.45, 7) is 6.23. The van der Waals surface area contributed by atoms with Gasteiger partial charge in [0.15, 0.2) is 5.78 Å². The van der Waals surface area contributed by atoms with Gasteiger partial charge in [0.1, 0.15) is 5.65 Å². The zero-order valence-corrected chi connectivity index (χ0v) is 20.6. The Morgan fingerprint density at radius 3 is 2.59 bits per heavy atom. The number of benzene rings is 1. The third kappa shape index (κ3) is 4.99. The minimum atomic E-state index is -0.246. The average molecular weight is 463 g/mol. The SMILES string of the molecule is CNCCC(=O)c1ccc(-c2nc3cc(C)ccn3c2CC2CCN(C(=O)OC)CC2)c(C)c1. The highest BCUT2D eigenvalue weighted by Crippen LogP contribution is 2.32. The van der Waals surface area contributed by atoms with Gasteiger partial charge >= 0.3 is 6.09 Å². The highest BCUT2D eigenvalue weighted by atomic mass is 16.5. The topological polar surface area (TPSA) is 75.9 Å². The molecule has 1 aromatic carbocycles. The molecule has 1 saturated heterocycles. The van der Waals surface area contributed by atoms with Crippen molar-refractivity contribution in [3.8, 4) is 11.3 Å². The molecule has 180 valence electrons. The minimum Gasteiger partial charge on any atom is -0.453 e. The standard InChI is InChI=1S/C27H34N4O3/c1-18-8-14-31-23(17-20-9-12-30(13-10-20)27(33)34-4)26(29-25(31)15-18)22-6-5-21(16-19(22)2)24(32)7-11-28-3/h5-6,8,14-16,20,28H,7,9-13,17H2,1-4H3. The van der Waals surface area contributed by atoms with E-state index in [9.17, 15) is 9.59 Å². The van der Waals surface area contributed by atoms with Crippen molar-refractivity contribution in [2.24, 2.45) is 5.92 Å². The van der Waals surface area contributed by atoms with Crippen LogP contribution in [0.1, 0.15) is 46.4 Å².